The maximum Gasteiger partial charge on any atom is 0.131 e. The van der Waals surface area contributed by atoms with E-state index in [4.69, 9.17) is 11.6 Å². The molecule has 0 atom stereocenters. The van der Waals surface area contributed by atoms with Gasteiger partial charge in [0.1, 0.15) is 11.0 Å². The monoisotopic (exact) mass is 285 g/mol. The maximum absolute atomic E-state index is 5.90. The van der Waals surface area contributed by atoms with Gasteiger partial charge in [0.15, 0.2) is 0 Å². The van der Waals surface area contributed by atoms with Crippen LogP contribution in [0.5, 0.6) is 0 Å². The fourth-order valence-corrected chi connectivity index (χ4v) is 2.73. The van der Waals surface area contributed by atoms with Gasteiger partial charge >= 0.3 is 0 Å². The van der Waals surface area contributed by atoms with Crippen molar-refractivity contribution in [1.82, 2.24) is 9.55 Å². The number of aromatic nitrogens is 2. The lowest BCUT2D eigenvalue weighted by atomic mass is 10.1. The molecule has 2 aromatic heterocycles. The first-order valence-electron chi connectivity index (χ1n) is 6.56. The molecular formula is C16H16ClN3. The summed E-state index contributed by atoms with van der Waals surface area (Å²) in [5, 5.41) is 5.13. The number of aryl methyl sites for hydroxylation is 2. The molecule has 3 aromatic rings. The van der Waals surface area contributed by atoms with Gasteiger partial charge in [-0.25, -0.2) is 4.98 Å². The largest absolute Gasteiger partial charge is 0.364 e. The number of nitrogens with zero attached hydrogens (tertiary/aromatic N) is 2. The van der Waals surface area contributed by atoms with Gasteiger partial charge in [-0.3, -0.25) is 0 Å². The van der Waals surface area contributed by atoms with Gasteiger partial charge in [-0.1, -0.05) is 35.9 Å². The van der Waals surface area contributed by atoms with Crippen LogP contribution in [0.15, 0.2) is 42.5 Å². The summed E-state index contributed by atoms with van der Waals surface area (Å²) in [4.78, 5) is 4.25. The number of fused-ring (bicyclic) bond motifs is 1. The van der Waals surface area contributed by atoms with Crippen molar-refractivity contribution in [2.75, 3.05) is 5.32 Å². The van der Waals surface area contributed by atoms with Crippen LogP contribution in [0.3, 0.4) is 0 Å². The van der Waals surface area contributed by atoms with E-state index in [-0.39, 0.29) is 0 Å². The zero-order chi connectivity index (χ0) is 14.1. The number of para-hydroxylation sites is 1. The van der Waals surface area contributed by atoms with Crippen molar-refractivity contribution in [3.8, 4) is 0 Å². The molecule has 102 valence electrons. The minimum Gasteiger partial charge on any atom is -0.364 e. The van der Waals surface area contributed by atoms with Crippen LogP contribution >= 0.6 is 11.6 Å². The molecule has 0 bridgehead atoms. The molecule has 0 unspecified atom stereocenters. The highest BCUT2D eigenvalue weighted by Gasteiger charge is 2.10. The third-order valence-corrected chi connectivity index (χ3v) is 3.87. The van der Waals surface area contributed by atoms with Crippen molar-refractivity contribution >= 4 is 28.3 Å². The van der Waals surface area contributed by atoms with E-state index in [1.165, 1.54) is 22.2 Å². The van der Waals surface area contributed by atoms with Crippen LogP contribution < -0.4 is 5.32 Å². The van der Waals surface area contributed by atoms with E-state index >= 15 is 0 Å². The Morgan fingerprint density at radius 2 is 1.95 bits per heavy atom. The summed E-state index contributed by atoms with van der Waals surface area (Å²) < 4.78 is 2.22. The number of halogens is 1. The Bertz CT molecular complexity index is 723. The molecule has 0 amide bonds. The fraction of sp³-hybridized carbons (Fsp3) is 0.188. The number of rotatable bonds is 3. The van der Waals surface area contributed by atoms with Crippen LogP contribution in [-0.4, -0.2) is 9.55 Å². The topological polar surface area (TPSA) is 29.9 Å². The summed E-state index contributed by atoms with van der Waals surface area (Å²) >= 11 is 5.90. The van der Waals surface area contributed by atoms with E-state index in [1.807, 2.05) is 12.1 Å². The normalized spacial score (nSPS) is 10.9. The molecule has 3 nitrogen and oxygen atoms in total. The van der Waals surface area contributed by atoms with E-state index < -0.39 is 0 Å². The maximum atomic E-state index is 5.90. The van der Waals surface area contributed by atoms with Crippen molar-refractivity contribution in [1.29, 1.82) is 0 Å². The third kappa shape index (κ3) is 2.25. The van der Waals surface area contributed by atoms with Gasteiger partial charge in [0.2, 0.25) is 0 Å². The molecule has 0 aliphatic heterocycles. The SMILES string of the molecule is Cc1c(CNc2cccc(Cl)n2)n(C)c2ccccc12. The Morgan fingerprint density at radius 1 is 1.15 bits per heavy atom. The van der Waals surface area contributed by atoms with Crippen molar-refractivity contribution in [3.05, 3.63) is 58.9 Å². The molecule has 20 heavy (non-hydrogen) atoms. The van der Waals surface area contributed by atoms with Crippen molar-refractivity contribution in [3.63, 3.8) is 0 Å². The highest BCUT2D eigenvalue weighted by molar-refractivity contribution is 6.29. The summed E-state index contributed by atoms with van der Waals surface area (Å²) in [5.74, 6) is 0.794. The number of pyridine rings is 1. The van der Waals surface area contributed by atoms with Crippen molar-refractivity contribution < 1.29 is 0 Å². The predicted molar refractivity (Wildman–Crippen MR) is 84.2 cm³/mol. The van der Waals surface area contributed by atoms with E-state index in [9.17, 15) is 0 Å². The first-order chi connectivity index (χ1) is 9.66. The molecule has 0 aliphatic carbocycles. The Kier molecular flexibility index (Phi) is 3.36. The Morgan fingerprint density at radius 3 is 2.70 bits per heavy atom. The molecule has 0 radical (unpaired) electrons. The van der Waals surface area contributed by atoms with E-state index in [2.05, 4.69) is 53.1 Å². The number of anilines is 1. The first kappa shape index (κ1) is 13.0. The number of benzene rings is 1. The Hall–Kier alpha value is -2.00. The van der Waals surface area contributed by atoms with Gasteiger partial charge in [-0.2, -0.15) is 0 Å². The molecule has 3 rings (SSSR count). The highest BCUT2D eigenvalue weighted by Crippen LogP contribution is 2.25. The van der Waals surface area contributed by atoms with E-state index in [1.54, 1.807) is 6.07 Å². The van der Waals surface area contributed by atoms with E-state index in [0.29, 0.717) is 5.15 Å². The van der Waals surface area contributed by atoms with Gasteiger partial charge in [0.05, 0.1) is 6.54 Å². The quantitative estimate of drug-likeness (QED) is 0.733. The van der Waals surface area contributed by atoms with Crippen LogP contribution in [-0.2, 0) is 13.6 Å². The lowest BCUT2D eigenvalue weighted by Crippen LogP contribution is -2.06. The van der Waals surface area contributed by atoms with Gasteiger partial charge in [0, 0.05) is 23.6 Å². The minimum absolute atomic E-state index is 0.503. The second kappa shape index (κ2) is 5.17. The molecular weight excluding hydrogens is 270 g/mol. The fourth-order valence-electron chi connectivity index (χ4n) is 2.57. The lowest BCUT2D eigenvalue weighted by molar-refractivity contribution is 0.859. The molecule has 0 saturated heterocycles. The van der Waals surface area contributed by atoms with Gasteiger partial charge < -0.3 is 9.88 Å². The average Bonchev–Trinajstić information content (AvgIpc) is 2.70. The first-order valence-corrected chi connectivity index (χ1v) is 6.94. The summed E-state index contributed by atoms with van der Waals surface area (Å²) in [7, 11) is 2.09. The molecule has 0 fully saturated rings. The van der Waals surface area contributed by atoms with Crippen LogP contribution in [0.25, 0.3) is 10.9 Å². The Balaban J connectivity index is 1.91. The number of hydrogen-bond donors (Lipinski definition) is 1. The highest BCUT2D eigenvalue weighted by atomic mass is 35.5. The lowest BCUT2D eigenvalue weighted by Gasteiger charge is -2.08. The van der Waals surface area contributed by atoms with Gasteiger partial charge in [-0.05, 0) is 30.7 Å². The molecule has 4 heteroatoms. The molecule has 1 N–H and O–H groups in total. The molecule has 0 aliphatic rings. The van der Waals surface area contributed by atoms with Crippen LogP contribution in [0, 0.1) is 6.92 Å². The molecule has 1 aromatic carbocycles. The predicted octanol–water partition coefficient (Wildman–Crippen LogP) is 4.15. The van der Waals surface area contributed by atoms with Gasteiger partial charge in [-0.15, -0.1) is 0 Å². The standard InChI is InChI=1S/C16H16ClN3/c1-11-12-6-3-4-7-13(12)20(2)14(11)10-18-16-9-5-8-15(17)19-16/h3-9H,10H2,1-2H3,(H,18,19). The summed E-state index contributed by atoms with van der Waals surface area (Å²) in [5.41, 5.74) is 3.81. The number of hydrogen-bond acceptors (Lipinski definition) is 2. The third-order valence-electron chi connectivity index (χ3n) is 3.66. The number of nitrogens with one attached hydrogen (secondary N) is 1. The Labute approximate surface area is 123 Å². The van der Waals surface area contributed by atoms with E-state index in [0.717, 1.165) is 12.4 Å². The zero-order valence-corrected chi connectivity index (χ0v) is 12.3. The second-order valence-corrected chi connectivity index (χ2v) is 5.23. The summed E-state index contributed by atoms with van der Waals surface area (Å²) in [6.07, 6.45) is 0. The zero-order valence-electron chi connectivity index (χ0n) is 11.5. The average molecular weight is 286 g/mol. The van der Waals surface area contributed by atoms with Crippen LogP contribution in [0.4, 0.5) is 5.82 Å². The molecule has 0 spiro atoms. The molecule has 0 saturated carbocycles. The van der Waals surface area contributed by atoms with Gasteiger partial charge in [0.25, 0.3) is 0 Å². The molecule has 2 heterocycles. The summed E-state index contributed by atoms with van der Waals surface area (Å²) in [6.45, 7) is 2.88. The second-order valence-electron chi connectivity index (χ2n) is 4.85. The van der Waals surface area contributed by atoms with Crippen LogP contribution in [0.2, 0.25) is 5.15 Å². The van der Waals surface area contributed by atoms with Crippen molar-refractivity contribution in [2.45, 2.75) is 13.5 Å². The summed E-state index contributed by atoms with van der Waals surface area (Å²) in [6, 6.07) is 14.0. The minimum atomic E-state index is 0.503. The van der Waals surface area contributed by atoms with Crippen LogP contribution in [0.1, 0.15) is 11.3 Å². The van der Waals surface area contributed by atoms with Crippen molar-refractivity contribution in [2.24, 2.45) is 7.05 Å². The smallest absolute Gasteiger partial charge is 0.131 e.